The number of aliphatic hydroxyl groups excluding tert-OH is 1. The summed E-state index contributed by atoms with van der Waals surface area (Å²) in [5.74, 6) is 0.582. The summed E-state index contributed by atoms with van der Waals surface area (Å²) in [6.07, 6.45) is 1.67. The Balaban J connectivity index is 2.37. The van der Waals surface area contributed by atoms with Crippen molar-refractivity contribution in [2.75, 3.05) is 33.5 Å². The van der Waals surface area contributed by atoms with Crippen molar-refractivity contribution in [3.63, 3.8) is 0 Å². The smallest absolute Gasteiger partial charge is 0.330 e. The molecule has 0 aliphatic rings. The number of benzene rings is 2. The zero-order valence-corrected chi connectivity index (χ0v) is 21.2. The number of aliphatic carboxylic acids is 1. The second kappa shape index (κ2) is 13.1. The van der Waals surface area contributed by atoms with Crippen molar-refractivity contribution < 1.29 is 38.2 Å². The summed E-state index contributed by atoms with van der Waals surface area (Å²) in [6.45, 7) is 6.12. The Morgan fingerprint density at radius 1 is 1.03 bits per heavy atom. The molecule has 10 heteroatoms. The molecule has 2 aromatic rings. The maximum atomic E-state index is 12.9. The normalized spacial score (nSPS) is 13.8. The third-order valence-electron chi connectivity index (χ3n) is 5.06. The van der Waals surface area contributed by atoms with E-state index in [1.807, 2.05) is 20.8 Å². The first kappa shape index (κ1) is 28.2. The Hall–Kier alpha value is -3.08. The number of carboxylic acids is 1. The van der Waals surface area contributed by atoms with E-state index in [4.69, 9.17) is 24.7 Å². The van der Waals surface area contributed by atoms with Gasteiger partial charge in [-0.15, -0.1) is 0 Å². The van der Waals surface area contributed by atoms with Crippen LogP contribution in [0.3, 0.4) is 0 Å². The van der Waals surface area contributed by atoms with Gasteiger partial charge < -0.3 is 34.9 Å². The minimum atomic E-state index is -2.06. The fourth-order valence-electron chi connectivity index (χ4n) is 3.36. The molecule has 0 saturated heterocycles. The van der Waals surface area contributed by atoms with Gasteiger partial charge in [-0.25, -0.2) is 4.79 Å². The van der Waals surface area contributed by atoms with Crippen molar-refractivity contribution in [1.82, 2.24) is 0 Å². The molecular formula is C25H33NO8S. The van der Waals surface area contributed by atoms with Gasteiger partial charge in [-0.2, -0.15) is 0 Å². The van der Waals surface area contributed by atoms with Crippen LogP contribution in [-0.4, -0.2) is 53.9 Å². The second-order valence-electron chi connectivity index (χ2n) is 7.43. The summed E-state index contributed by atoms with van der Waals surface area (Å²) in [6, 6.07) is 8.22. The van der Waals surface area contributed by atoms with E-state index < -0.39 is 28.9 Å². The molecule has 0 heterocycles. The molecule has 0 bridgehead atoms. The van der Waals surface area contributed by atoms with Crippen molar-refractivity contribution in [3.8, 4) is 23.0 Å². The lowest BCUT2D eigenvalue weighted by Gasteiger charge is -2.25. The lowest BCUT2D eigenvalue weighted by Crippen LogP contribution is -2.48. The molecule has 0 spiro atoms. The highest BCUT2D eigenvalue weighted by Crippen LogP contribution is 2.36. The van der Waals surface area contributed by atoms with E-state index in [1.165, 1.54) is 18.6 Å². The van der Waals surface area contributed by atoms with E-state index in [1.54, 1.807) is 30.3 Å². The van der Waals surface area contributed by atoms with Crippen LogP contribution in [0.5, 0.6) is 23.0 Å². The number of carbonyl (C=O) groups is 1. The van der Waals surface area contributed by atoms with Crippen molar-refractivity contribution in [1.29, 1.82) is 0 Å². The molecule has 2 atom stereocenters. The van der Waals surface area contributed by atoms with Crippen molar-refractivity contribution in [3.05, 3.63) is 52.4 Å². The van der Waals surface area contributed by atoms with E-state index in [0.717, 1.165) is 0 Å². The number of carboxylic acid groups (broad SMARTS) is 1. The quantitative estimate of drug-likeness (QED) is 0.352. The minimum Gasteiger partial charge on any atom is -0.496 e. The van der Waals surface area contributed by atoms with Crippen molar-refractivity contribution >= 4 is 22.8 Å². The molecule has 192 valence electrons. The number of ether oxygens (including phenoxy) is 4. The van der Waals surface area contributed by atoms with Gasteiger partial charge in [-0.3, -0.25) is 4.21 Å². The van der Waals surface area contributed by atoms with E-state index in [0.29, 0.717) is 48.2 Å². The van der Waals surface area contributed by atoms with Crippen LogP contribution in [0.15, 0.2) is 35.7 Å². The van der Waals surface area contributed by atoms with Gasteiger partial charge in [0.2, 0.25) is 0 Å². The van der Waals surface area contributed by atoms with Crippen LogP contribution in [0.25, 0.3) is 6.08 Å². The van der Waals surface area contributed by atoms with Gasteiger partial charge in [0, 0.05) is 23.1 Å². The van der Waals surface area contributed by atoms with E-state index >= 15 is 0 Å². The molecule has 0 amide bonds. The number of methoxy groups -OCH3 is 1. The van der Waals surface area contributed by atoms with E-state index in [9.17, 15) is 19.2 Å². The summed E-state index contributed by atoms with van der Waals surface area (Å²) < 4.78 is 35.2. The van der Waals surface area contributed by atoms with Crippen LogP contribution >= 0.6 is 0 Å². The third kappa shape index (κ3) is 6.97. The fourth-order valence-corrected chi connectivity index (χ4v) is 4.25. The summed E-state index contributed by atoms with van der Waals surface area (Å²) in [4.78, 5) is 11.7. The Labute approximate surface area is 207 Å². The number of hydrogen-bond donors (Lipinski definition) is 3. The van der Waals surface area contributed by atoms with Crippen LogP contribution in [-0.2, 0) is 26.9 Å². The maximum absolute atomic E-state index is 12.9. The highest BCUT2D eigenvalue weighted by Gasteiger charge is 2.38. The zero-order chi connectivity index (χ0) is 26.0. The largest absolute Gasteiger partial charge is 0.496 e. The van der Waals surface area contributed by atoms with Crippen LogP contribution < -0.4 is 24.7 Å². The molecule has 2 rings (SSSR count). The van der Waals surface area contributed by atoms with Crippen LogP contribution in [0, 0.1) is 0 Å². The molecule has 4 N–H and O–H groups in total. The molecule has 1 unspecified atom stereocenters. The molecule has 0 radical (unpaired) electrons. The number of nitrogens with two attached hydrogens (primary N) is 1. The molecule has 0 aliphatic heterocycles. The lowest BCUT2D eigenvalue weighted by atomic mass is 9.90. The summed E-state index contributed by atoms with van der Waals surface area (Å²) in [7, 11) is -0.0986. The standard InChI is InChI=1S/C25H33NO8S/c1-5-32-18-13-22(33-6-2)19(23(14-18)34-7-3)10-11-35(30)15-17-8-9-21(31-4)20(12-17)25(26,16-27)24(28)29/h8-14,27H,5-7,15-16,26H2,1-4H3,(H,28,29)/b11-10+/t25-,35?/m1/s1. The van der Waals surface area contributed by atoms with Crippen molar-refractivity contribution in [2.24, 2.45) is 5.73 Å². The predicted octanol–water partition coefficient (Wildman–Crippen LogP) is 3.04. The molecule has 0 aliphatic carbocycles. The number of hydrogen-bond acceptors (Lipinski definition) is 8. The lowest BCUT2D eigenvalue weighted by molar-refractivity contribution is -0.145. The van der Waals surface area contributed by atoms with E-state index in [2.05, 4.69) is 0 Å². The molecular weight excluding hydrogens is 474 g/mol. The molecule has 35 heavy (non-hydrogen) atoms. The first-order chi connectivity index (χ1) is 16.7. The highest BCUT2D eigenvalue weighted by atomic mass is 32.2. The summed E-state index contributed by atoms with van der Waals surface area (Å²) >= 11 is 0. The van der Waals surface area contributed by atoms with Gasteiger partial charge in [-0.1, -0.05) is 6.07 Å². The average Bonchev–Trinajstić information content (AvgIpc) is 2.83. The third-order valence-corrected chi connectivity index (χ3v) is 6.12. The summed E-state index contributed by atoms with van der Waals surface area (Å²) in [5, 5.41) is 20.7. The number of aliphatic hydroxyl groups is 1. The van der Waals surface area contributed by atoms with Gasteiger partial charge in [0.1, 0.15) is 23.0 Å². The molecule has 9 nitrogen and oxygen atoms in total. The molecule has 2 aromatic carbocycles. The SMILES string of the molecule is CCOc1cc(OCC)c(/C=C/S(=O)Cc2ccc(OC)c([C@](N)(CO)C(=O)O)c2)c(OCC)c1. The van der Waals surface area contributed by atoms with Gasteiger partial charge in [0.05, 0.1) is 55.7 Å². The van der Waals surface area contributed by atoms with Gasteiger partial charge in [0.15, 0.2) is 5.54 Å². The van der Waals surface area contributed by atoms with Gasteiger partial charge in [0.25, 0.3) is 0 Å². The van der Waals surface area contributed by atoms with Crippen LogP contribution in [0.4, 0.5) is 0 Å². The fraction of sp³-hybridized carbons (Fsp3) is 0.400. The zero-order valence-electron chi connectivity index (χ0n) is 20.4. The van der Waals surface area contributed by atoms with E-state index in [-0.39, 0.29) is 17.1 Å². The first-order valence-corrected chi connectivity index (χ1v) is 12.5. The Morgan fingerprint density at radius 2 is 1.63 bits per heavy atom. The number of rotatable bonds is 14. The topological polar surface area (TPSA) is 138 Å². The Morgan fingerprint density at radius 3 is 2.11 bits per heavy atom. The molecule has 0 saturated carbocycles. The molecule has 0 aromatic heterocycles. The van der Waals surface area contributed by atoms with Gasteiger partial charge in [-0.05, 0) is 44.5 Å². The highest BCUT2D eigenvalue weighted by molar-refractivity contribution is 7.87. The van der Waals surface area contributed by atoms with Crippen LogP contribution in [0.1, 0.15) is 37.5 Å². The minimum absolute atomic E-state index is 0.0829. The monoisotopic (exact) mass is 507 g/mol. The Kier molecular flexibility index (Phi) is 10.6. The van der Waals surface area contributed by atoms with Crippen molar-refractivity contribution in [2.45, 2.75) is 32.1 Å². The average molecular weight is 508 g/mol. The first-order valence-electron chi connectivity index (χ1n) is 11.2. The summed E-state index contributed by atoms with van der Waals surface area (Å²) in [5.41, 5.74) is 5.17. The predicted molar refractivity (Wildman–Crippen MR) is 134 cm³/mol. The second-order valence-corrected chi connectivity index (χ2v) is 8.75. The van der Waals surface area contributed by atoms with Crippen LogP contribution in [0.2, 0.25) is 0 Å². The van der Waals surface area contributed by atoms with Gasteiger partial charge >= 0.3 is 5.97 Å². The molecule has 0 fully saturated rings. The Bertz CT molecular complexity index is 1040. The maximum Gasteiger partial charge on any atom is 0.330 e.